The molecule has 1 aliphatic rings. The minimum Gasteiger partial charge on any atom is -0.307 e. The molecule has 1 fully saturated rings. The predicted molar refractivity (Wildman–Crippen MR) is 88.1 cm³/mol. The van der Waals surface area contributed by atoms with E-state index in [0.29, 0.717) is 12.1 Å². The molecule has 2 unspecified atom stereocenters. The number of benzene rings is 1. The zero-order valence-corrected chi connectivity index (χ0v) is 13.7. The maximum atomic E-state index is 3.90. The van der Waals surface area contributed by atoms with Gasteiger partial charge in [0.15, 0.2) is 0 Å². The molecule has 0 spiro atoms. The van der Waals surface area contributed by atoms with Crippen LogP contribution in [0.3, 0.4) is 0 Å². The van der Waals surface area contributed by atoms with Crippen molar-refractivity contribution >= 4 is 0 Å². The monoisotopic (exact) mass is 273 g/mol. The molecule has 0 radical (unpaired) electrons. The Morgan fingerprint density at radius 2 is 1.80 bits per heavy atom. The fourth-order valence-electron chi connectivity index (χ4n) is 3.58. The smallest absolute Gasteiger partial charge is 0.0294 e. The highest BCUT2D eigenvalue weighted by Gasteiger charge is 2.23. The first-order valence-corrected chi connectivity index (χ1v) is 8.45. The lowest BCUT2D eigenvalue weighted by Crippen LogP contribution is -2.38. The molecule has 0 bridgehead atoms. The zero-order valence-electron chi connectivity index (χ0n) is 13.7. The van der Waals surface area contributed by atoms with Crippen LogP contribution in [-0.4, -0.2) is 6.04 Å². The molecule has 0 aliphatic heterocycles. The lowest BCUT2D eigenvalue weighted by Gasteiger charge is -2.33. The summed E-state index contributed by atoms with van der Waals surface area (Å²) in [5.41, 5.74) is 4.23. The Balaban J connectivity index is 2.00. The van der Waals surface area contributed by atoms with Gasteiger partial charge in [-0.1, -0.05) is 44.4 Å². The quantitative estimate of drug-likeness (QED) is 0.766. The summed E-state index contributed by atoms with van der Waals surface area (Å²) >= 11 is 0. The second-order valence-electron chi connectivity index (χ2n) is 6.64. The number of hydrogen-bond acceptors (Lipinski definition) is 1. The van der Waals surface area contributed by atoms with Gasteiger partial charge < -0.3 is 5.32 Å². The molecule has 1 heteroatoms. The van der Waals surface area contributed by atoms with Crippen LogP contribution >= 0.6 is 0 Å². The van der Waals surface area contributed by atoms with Crippen LogP contribution in [-0.2, 0) is 0 Å². The van der Waals surface area contributed by atoms with Crippen LogP contribution in [0, 0.1) is 19.8 Å². The average molecular weight is 273 g/mol. The van der Waals surface area contributed by atoms with Crippen molar-refractivity contribution in [2.75, 3.05) is 0 Å². The van der Waals surface area contributed by atoms with Gasteiger partial charge in [0, 0.05) is 12.1 Å². The summed E-state index contributed by atoms with van der Waals surface area (Å²) in [6.45, 7) is 9.05. The first kappa shape index (κ1) is 15.6. The van der Waals surface area contributed by atoms with Crippen LogP contribution in [0.25, 0.3) is 0 Å². The molecule has 1 saturated carbocycles. The topological polar surface area (TPSA) is 12.0 Å². The molecule has 2 atom stereocenters. The molecule has 112 valence electrons. The minimum absolute atomic E-state index is 0.459. The van der Waals surface area contributed by atoms with Crippen molar-refractivity contribution < 1.29 is 0 Å². The van der Waals surface area contributed by atoms with Crippen molar-refractivity contribution in [3.05, 3.63) is 34.9 Å². The predicted octanol–water partition coefficient (Wildman–Crippen LogP) is 5.31. The van der Waals surface area contributed by atoms with Gasteiger partial charge in [-0.2, -0.15) is 0 Å². The molecule has 1 N–H and O–H groups in total. The van der Waals surface area contributed by atoms with E-state index in [1.54, 1.807) is 0 Å². The van der Waals surface area contributed by atoms with Crippen LogP contribution in [0.5, 0.6) is 0 Å². The lowest BCUT2D eigenvalue weighted by atomic mass is 9.82. The highest BCUT2D eigenvalue weighted by molar-refractivity contribution is 5.31. The van der Waals surface area contributed by atoms with E-state index < -0.39 is 0 Å². The van der Waals surface area contributed by atoms with Crippen molar-refractivity contribution in [3.8, 4) is 0 Å². The zero-order chi connectivity index (χ0) is 14.5. The van der Waals surface area contributed by atoms with Gasteiger partial charge in [-0.25, -0.2) is 0 Å². The van der Waals surface area contributed by atoms with Gasteiger partial charge in [0.2, 0.25) is 0 Å². The van der Waals surface area contributed by atoms with Crippen LogP contribution in [0.4, 0.5) is 0 Å². The summed E-state index contributed by atoms with van der Waals surface area (Å²) < 4.78 is 0. The summed E-state index contributed by atoms with van der Waals surface area (Å²) in [7, 11) is 0. The number of nitrogens with one attached hydrogen (secondary N) is 1. The second-order valence-corrected chi connectivity index (χ2v) is 6.64. The molecule has 1 aromatic rings. The Morgan fingerprint density at radius 1 is 1.10 bits per heavy atom. The molecular weight excluding hydrogens is 242 g/mol. The molecule has 0 aromatic heterocycles. The van der Waals surface area contributed by atoms with Gasteiger partial charge >= 0.3 is 0 Å². The van der Waals surface area contributed by atoms with E-state index in [9.17, 15) is 0 Å². The summed E-state index contributed by atoms with van der Waals surface area (Å²) in [5, 5.41) is 3.90. The van der Waals surface area contributed by atoms with Crippen molar-refractivity contribution in [3.63, 3.8) is 0 Å². The van der Waals surface area contributed by atoms with Crippen LogP contribution in [0.2, 0.25) is 0 Å². The van der Waals surface area contributed by atoms with Crippen molar-refractivity contribution in [2.24, 2.45) is 5.92 Å². The first-order chi connectivity index (χ1) is 9.61. The third-order valence-corrected chi connectivity index (χ3v) is 5.15. The fourth-order valence-corrected chi connectivity index (χ4v) is 3.58. The van der Waals surface area contributed by atoms with Gasteiger partial charge in [-0.05, 0) is 62.6 Å². The summed E-state index contributed by atoms with van der Waals surface area (Å²) in [4.78, 5) is 0. The van der Waals surface area contributed by atoms with E-state index in [1.165, 1.54) is 55.2 Å². The normalized spacial score (nSPS) is 19.8. The maximum Gasteiger partial charge on any atom is 0.0294 e. The van der Waals surface area contributed by atoms with E-state index >= 15 is 0 Å². The molecule has 0 amide bonds. The van der Waals surface area contributed by atoms with Gasteiger partial charge in [-0.15, -0.1) is 0 Å². The van der Waals surface area contributed by atoms with Gasteiger partial charge in [0.1, 0.15) is 0 Å². The standard InChI is InChI=1S/C19H31N/c1-5-19(17-9-7-6-8-10-17)20-16(4)18-12-11-14(2)15(3)13-18/h11-13,16-17,19-20H,5-10H2,1-4H3. The van der Waals surface area contributed by atoms with Crippen LogP contribution in [0.1, 0.15) is 75.1 Å². The molecule has 0 heterocycles. The molecule has 1 aliphatic carbocycles. The molecule has 20 heavy (non-hydrogen) atoms. The van der Waals surface area contributed by atoms with Crippen molar-refractivity contribution in [2.45, 2.75) is 78.3 Å². The third kappa shape index (κ3) is 3.85. The highest BCUT2D eigenvalue weighted by Crippen LogP contribution is 2.29. The third-order valence-electron chi connectivity index (χ3n) is 5.15. The van der Waals surface area contributed by atoms with Crippen LogP contribution < -0.4 is 5.32 Å². The second kappa shape index (κ2) is 7.26. The van der Waals surface area contributed by atoms with Crippen LogP contribution in [0.15, 0.2) is 18.2 Å². The Morgan fingerprint density at radius 3 is 2.40 bits per heavy atom. The Hall–Kier alpha value is -0.820. The van der Waals surface area contributed by atoms with Gasteiger partial charge in [-0.3, -0.25) is 0 Å². The number of aryl methyl sites for hydroxylation is 2. The summed E-state index contributed by atoms with van der Waals surface area (Å²) in [5.74, 6) is 0.891. The Labute approximate surface area is 125 Å². The molecule has 0 saturated heterocycles. The molecule has 2 rings (SSSR count). The molecular formula is C19H31N. The van der Waals surface area contributed by atoms with Gasteiger partial charge in [0.25, 0.3) is 0 Å². The van der Waals surface area contributed by atoms with E-state index in [4.69, 9.17) is 0 Å². The van der Waals surface area contributed by atoms with E-state index in [2.05, 4.69) is 51.2 Å². The SMILES string of the molecule is CCC(NC(C)c1ccc(C)c(C)c1)C1CCCCC1. The van der Waals surface area contributed by atoms with E-state index in [-0.39, 0.29) is 0 Å². The first-order valence-electron chi connectivity index (χ1n) is 8.45. The maximum absolute atomic E-state index is 3.90. The fraction of sp³-hybridized carbons (Fsp3) is 0.684. The molecule has 1 aromatic carbocycles. The largest absolute Gasteiger partial charge is 0.307 e. The summed E-state index contributed by atoms with van der Waals surface area (Å²) in [6.07, 6.45) is 8.40. The van der Waals surface area contributed by atoms with Crippen molar-refractivity contribution in [1.29, 1.82) is 0 Å². The van der Waals surface area contributed by atoms with Gasteiger partial charge in [0.05, 0.1) is 0 Å². The number of rotatable bonds is 5. The Kier molecular flexibility index (Phi) is 5.65. The minimum atomic E-state index is 0.459. The average Bonchev–Trinajstić information content (AvgIpc) is 2.48. The number of hydrogen-bond donors (Lipinski definition) is 1. The Bertz CT molecular complexity index is 418. The van der Waals surface area contributed by atoms with E-state index in [0.717, 1.165) is 5.92 Å². The van der Waals surface area contributed by atoms with Crippen molar-refractivity contribution in [1.82, 2.24) is 5.32 Å². The molecule has 1 nitrogen and oxygen atoms in total. The van der Waals surface area contributed by atoms with E-state index in [1.807, 2.05) is 0 Å². The highest BCUT2D eigenvalue weighted by atomic mass is 14.9. The lowest BCUT2D eigenvalue weighted by molar-refractivity contribution is 0.249. The summed E-state index contributed by atoms with van der Waals surface area (Å²) in [6, 6.07) is 8.03.